The molecule has 14 heteroatoms. The van der Waals surface area contributed by atoms with Crippen molar-refractivity contribution in [1.29, 1.82) is 0 Å². The first-order chi connectivity index (χ1) is 14.2. The molecule has 0 radical (unpaired) electrons. The van der Waals surface area contributed by atoms with Crippen molar-refractivity contribution < 1.29 is 18.3 Å². The predicted molar refractivity (Wildman–Crippen MR) is 110 cm³/mol. The summed E-state index contributed by atoms with van der Waals surface area (Å²) in [6.45, 7) is 0. The van der Waals surface area contributed by atoms with Crippen LogP contribution >= 0.6 is 23.4 Å². The van der Waals surface area contributed by atoms with Crippen LogP contribution in [0.25, 0.3) is 0 Å². The number of carbonyl (C=O) groups is 1. The molecule has 3 aromatic rings. The molecule has 0 spiro atoms. The van der Waals surface area contributed by atoms with Gasteiger partial charge in [-0.05, 0) is 36.4 Å². The van der Waals surface area contributed by atoms with Gasteiger partial charge in [0.2, 0.25) is 11.8 Å². The number of amides is 1. The van der Waals surface area contributed by atoms with Crippen LogP contribution in [0.1, 0.15) is 0 Å². The molecule has 2 heterocycles. The van der Waals surface area contributed by atoms with Gasteiger partial charge in [0.25, 0.3) is 15.6 Å². The molecule has 0 bridgehead atoms. The van der Waals surface area contributed by atoms with Crippen LogP contribution < -0.4 is 15.6 Å². The van der Waals surface area contributed by atoms with Crippen molar-refractivity contribution in [3.8, 4) is 5.88 Å². The van der Waals surface area contributed by atoms with Crippen molar-refractivity contribution in [3.63, 3.8) is 0 Å². The van der Waals surface area contributed by atoms with Gasteiger partial charge in [-0.3, -0.25) is 14.3 Å². The summed E-state index contributed by atoms with van der Waals surface area (Å²) in [5.74, 6) is -0.955. The molecule has 1 amide bonds. The molecule has 0 aliphatic carbocycles. The Morgan fingerprint density at radius 3 is 2.53 bits per heavy atom. The number of thioether (sulfide) groups is 1. The predicted octanol–water partition coefficient (Wildman–Crippen LogP) is 1.45. The summed E-state index contributed by atoms with van der Waals surface area (Å²) in [5.41, 5.74) is -0.177. The molecule has 0 atom stereocenters. The summed E-state index contributed by atoms with van der Waals surface area (Å²) < 4.78 is 27.0. The summed E-state index contributed by atoms with van der Waals surface area (Å²) >= 11 is 6.53. The highest BCUT2D eigenvalue weighted by molar-refractivity contribution is 7.99. The van der Waals surface area contributed by atoms with Gasteiger partial charge >= 0.3 is 0 Å². The van der Waals surface area contributed by atoms with E-state index in [2.05, 4.69) is 30.2 Å². The van der Waals surface area contributed by atoms with Crippen LogP contribution in [0.4, 0.5) is 11.5 Å². The van der Waals surface area contributed by atoms with Gasteiger partial charge in [-0.1, -0.05) is 23.4 Å². The first-order valence-corrected chi connectivity index (χ1v) is 10.9. The van der Waals surface area contributed by atoms with Gasteiger partial charge in [-0.25, -0.2) is 8.42 Å². The van der Waals surface area contributed by atoms with Crippen LogP contribution in [0.15, 0.2) is 57.3 Å². The fourth-order valence-corrected chi connectivity index (χ4v) is 3.87. The minimum absolute atomic E-state index is 0.00686. The minimum Gasteiger partial charge on any atom is -0.493 e. The van der Waals surface area contributed by atoms with E-state index >= 15 is 0 Å². The van der Waals surface area contributed by atoms with Crippen LogP contribution in [0.5, 0.6) is 5.88 Å². The summed E-state index contributed by atoms with van der Waals surface area (Å²) in [7, 11) is -3.90. The van der Waals surface area contributed by atoms with E-state index in [1.165, 1.54) is 36.4 Å². The molecule has 4 N–H and O–H groups in total. The van der Waals surface area contributed by atoms with Gasteiger partial charge in [0.05, 0.1) is 16.7 Å². The van der Waals surface area contributed by atoms with Gasteiger partial charge < -0.3 is 15.4 Å². The average molecular weight is 469 g/mol. The van der Waals surface area contributed by atoms with Crippen molar-refractivity contribution in [2.45, 2.75) is 10.1 Å². The quantitative estimate of drug-likeness (QED) is 0.296. The van der Waals surface area contributed by atoms with Crippen molar-refractivity contribution >= 4 is 50.8 Å². The Kier molecular flexibility index (Phi) is 6.54. The van der Waals surface area contributed by atoms with Crippen LogP contribution in [0.3, 0.4) is 0 Å². The second-order valence-electron chi connectivity index (χ2n) is 5.62. The van der Waals surface area contributed by atoms with E-state index < -0.39 is 27.4 Å². The van der Waals surface area contributed by atoms with Gasteiger partial charge in [0.15, 0.2) is 16.1 Å². The monoisotopic (exact) mass is 468 g/mol. The standard InChI is InChI=1S/C16H13ClN6O5S2/c17-11-5-6-12(22-21-11)23-30(27,28)10-3-1-9(2-4-10)18-15(26)8-29-16-19-13(24)7-14(25)20-16/h1-7H,8H2,(H,18,26)(H,22,23)(H2,19,20,24,25). The lowest BCUT2D eigenvalue weighted by Crippen LogP contribution is -2.16. The maximum absolute atomic E-state index is 12.4. The topological polar surface area (TPSA) is 167 Å². The number of rotatable bonds is 7. The molecule has 3 rings (SSSR count). The fraction of sp³-hybridized carbons (Fsp3) is 0.0625. The molecule has 2 aromatic heterocycles. The summed E-state index contributed by atoms with van der Waals surface area (Å²) in [5, 5.41) is 19.3. The number of nitrogens with zero attached hydrogens (tertiary/aromatic N) is 3. The second-order valence-corrected chi connectivity index (χ2v) is 8.65. The number of benzene rings is 1. The molecular formula is C16H13ClN6O5S2. The zero-order valence-electron chi connectivity index (χ0n) is 14.9. The zero-order chi connectivity index (χ0) is 21.7. The molecular weight excluding hydrogens is 456 g/mol. The molecule has 30 heavy (non-hydrogen) atoms. The highest BCUT2D eigenvalue weighted by Gasteiger charge is 2.15. The van der Waals surface area contributed by atoms with Gasteiger partial charge in [0, 0.05) is 5.69 Å². The van der Waals surface area contributed by atoms with Crippen molar-refractivity contribution in [1.82, 2.24) is 20.2 Å². The van der Waals surface area contributed by atoms with E-state index in [1.807, 2.05) is 0 Å². The third-order valence-electron chi connectivity index (χ3n) is 3.37. The number of hydrogen-bond donors (Lipinski definition) is 4. The SMILES string of the molecule is O=C(CSc1nc(O)cc(=O)[nH]1)Nc1ccc(S(=O)(=O)Nc2ccc(Cl)nn2)cc1. The summed E-state index contributed by atoms with van der Waals surface area (Å²) in [4.78, 5) is 29.3. The fourth-order valence-electron chi connectivity index (χ4n) is 2.11. The van der Waals surface area contributed by atoms with E-state index in [1.54, 1.807) is 0 Å². The first kappa shape index (κ1) is 21.5. The molecule has 1 aromatic carbocycles. The number of hydrogen-bond acceptors (Lipinski definition) is 9. The normalized spacial score (nSPS) is 11.1. The Bertz CT molecular complexity index is 1220. The Morgan fingerprint density at radius 2 is 1.90 bits per heavy atom. The third kappa shape index (κ3) is 5.92. The van der Waals surface area contributed by atoms with Crippen molar-refractivity contribution in [3.05, 3.63) is 58.0 Å². The highest BCUT2D eigenvalue weighted by Crippen LogP contribution is 2.18. The summed E-state index contributed by atoms with van der Waals surface area (Å²) in [6.07, 6.45) is 0. The molecule has 0 saturated carbocycles. The first-order valence-electron chi connectivity index (χ1n) is 8.06. The number of aromatic amines is 1. The van der Waals surface area contributed by atoms with Crippen molar-refractivity contribution in [2.75, 3.05) is 15.8 Å². The van der Waals surface area contributed by atoms with Crippen molar-refractivity contribution in [2.24, 2.45) is 0 Å². The number of sulfonamides is 1. The molecule has 0 aliphatic rings. The zero-order valence-corrected chi connectivity index (χ0v) is 17.3. The molecule has 0 aliphatic heterocycles. The minimum atomic E-state index is -3.90. The maximum atomic E-state index is 12.4. The number of halogens is 1. The molecule has 156 valence electrons. The number of aromatic nitrogens is 4. The lowest BCUT2D eigenvalue weighted by Gasteiger charge is -2.08. The highest BCUT2D eigenvalue weighted by atomic mass is 35.5. The van der Waals surface area contributed by atoms with Gasteiger partial charge in [-0.2, -0.15) is 4.98 Å². The van der Waals surface area contributed by atoms with E-state index in [9.17, 15) is 23.1 Å². The number of nitrogens with one attached hydrogen (secondary N) is 3. The van der Waals surface area contributed by atoms with E-state index in [4.69, 9.17) is 11.6 Å². The largest absolute Gasteiger partial charge is 0.493 e. The van der Waals surface area contributed by atoms with Gasteiger partial charge in [-0.15, -0.1) is 10.2 Å². The number of H-pyrrole nitrogens is 1. The van der Waals surface area contributed by atoms with E-state index in [0.717, 1.165) is 17.8 Å². The van der Waals surface area contributed by atoms with Crippen LogP contribution in [-0.4, -0.2) is 45.3 Å². The van der Waals surface area contributed by atoms with Gasteiger partial charge in [0.1, 0.15) is 0 Å². The number of aromatic hydroxyl groups is 1. The smallest absolute Gasteiger partial charge is 0.263 e. The molecule has 11 nitrogen and oxygen atoms in total. The van der Waals surface area contributed by atoms with Crippen LogP contribution in [0, 0.1) is 0 Å². The Balaban J connectivity index is 1.60. The lowest BCUT2D eigenvalue weighted by molar-refractivity contribution is -0.113. The van der Waals surface area contributed by atoms with E-state index in [-0.39, 0.29) is 26.8 Å². The Hall–Kier alpha value is -3.16. The third-order valence-corrected chi connectivity index (χ3v) is 5.81. The Morgan fingerprint density at radius 1 is 1.17 bits per heavy atom. The summed E-state index contributed by atoms with van der Waals surface area (Å²) in [6, 6.07) is 9.12. The average Bonchev–Trinajstić information content (AvgIpc) is 2.68. The van der Waals surface area contributed by atoms with E-state index in [0.29, 0.717) is 5.69 Å². The lowest BCUT2D eigenvalue weighted by atomic mass is 10.3. The maximum Gasteiger partial charge on any atom is 0.263 e. The second kappa shape index (κ2) is 9.11. The van der Waals surface area contributed by atoms with Crippen LogP contribution in [-0.2, 0) is 14.8 Å². The molecule has 0 unspecified atom stereocenters. The molecule has 0 fully saturated rings. The van der Waals surface area contributed by atoms with Crippen LogP contribution in [0.2, 0.25) is 5.15 Å². The number of carbonyl (C=O) groups excluding carboxylic acids is 1. The Labute approximate surface area is 179 Å². The molecule has 0 saturated heterocycles. The number of anilines is 2.